The Hall–Kier alpha value is -0.110. The van der Waals surface area contributed by atoms with Crippen molar-refractivity contribution in [2.45, 2.75) is 20.3 Å². The first-order valence-corrected chi connectivity index (χ1v) is 3.92. The molecule has 1 rings (SSSR count). The molecule has 10 heavy (non-hydrogen) atoms. The van der Waals surface area contributed by atoms with Gasteiger partial charge in [0, 0.05) is 13.1 Å². The molecule has 0 radical (unpaired) electrons. The zero-order valence-corrected chi connectivity index (χ0v) is 6.86. The maximum absolute atomic E-state index is 11.9. The molecule has 1 aliphatic heterocycles. The van der Waals surface area contributed by atoms with E-state index in [1.165, 1.54) is 6.42 Å². The van der Waals surface area contributed by atoms with E-state index in [1.807, 2.05) is 0 Å². The number of alkyl halides is 1. The highest BCUT2D eigenvalue weighted by Gasteiger charge is 2.28. The highest BCUT2D eigenvalue weighted by atomic mass is 19.1. The fourth-order valence-corrected chi connectivity index (χ4v) is 1.53. The Morgan fingerprint density at radius 3 is 2.60 bits per heavy atom. The zero-order valence-electron chi connectivity index (χ0n) is 6.86. The number of rotatable bonds is 2. The van der Waals surface area contributed by atoms with Crippen molar-refractivity contribution in [2.24, 2.45) is 5.41 Å². The molecular formula is C8H16FN. The van der Waals surface area contributed by atoms with E-state index >= 15 is 0 Å². The molecule has 0 spiro atoms. The molecule has 1 saturated heterocycles. The third-order valence-corrected chi connectivity index (χ3v) is 2.16. The molecule has 0 N–H and O–H groups in total. The number of nitrogens with zero attached hydrogens (tertiary/aromatic N) is 1. The lowest BCUT2D eigenvalue weighted by molar-refractivity contribution is 0.266. The summed E-state index contributed by atoms with van der Waals surface area (Å²) in [5, 5.41) is 0. The van der Waals surface area contributed by atoms with E-state index in [-0.39, 0.29) is 6.67 Å². The molecule has 1 heterocycles. The smallest absolute Gasteiger partial charge is 0.102 e. The highest BCUT2D eigenvalue weighted by molar-refractivity contribution is 4.81. The van der Waals surface area contributed by atoms with Gasteiger partial charge in [-0.25, -0.2) is 4.39 Å². The standard InChI is InChI=1S/C8H16FN/c1-8(2)3-5-10(7-8)6-4-9/h3-7H2,1-2H3. The van der Waals surface area contributed by atoms with Gasteiger partial charge >= 0.3 is 0 Å². The topological polar surface area (TPSA) is 3.24 Å². The molecule has 0 aromatic heterocycles. The zero-order chi connectivity index (χ0) is 7.61. The predicted octanol–water partition coefficient (Wildman–Crippen LogP) is 1.69. The maximum Gasteiger partial charge on any atom is 0.102 e. The molecular weight excluding hydrogens is 129 g/mol. The van der Waals surface area contributed by atoms with Crippen LogP contribution in [-0.2, 0) is 0 Å². The SMILES string of the molecule is CC1(C)CCN(CCF)C1. The Morgan fingerprint density at radius 2 is 2.20 bits per heavy atom. The molecule has 1 fully saturated rings. The van der Waals surface area contributed by atoms with Crippen LogP contribution in [0.1, 0.15) is 20.3 Å². The highest BCUT2D eigenvalue weighted by Crippen LogP contribution is 2.28. The van der Waals surface area contributed by atoms with Gasteiger partial charge in [-0.1, -0.05) is 13.8 Å². The van der Waals surface area contributed by atoms with Gasteiger partial charge in [0.2, 0.25) is 0 Å². The molecule has 1 aliphatic rings. The summed E-state index contributed by atoms with van der Waals surface area (Å²) in [5.41, 5.74) is 0.426. The normalized spacial score (nSPS) is 25.5. The predicted molar refractivity (Wildman–Crippen MR) is 40.8 cm³/mol. The van der Waals surface area contributed by atoms with Gasteiger partial charge in [-0.2, -0.15) is 0 Å². The van der Waals surface area contributed by atoms with Gasteiger partial charge in [-0.15, -0.1) is 0 Å². The average Bonchev–Trinajstić information content (AvgIpc) is 2.12. The van der Waals surface area contributed by atoms with Crippen LogP contribution in [0.15, 0.2) is 0 Å². The van der Waals surface area contributed by atoms with Gasteiger partial charge in [0.15, 0.2) is 0 Å². The van der Waals surface area contributed by atoms with Crippen LogP contribution in [-0.4, -0.2) is 31.2 Å². The summed E-state index contributed by atoms with van der Waals surface area (Å²) in [7, 11) is 0. The van der Waals surface area contributed by atoms with Crippen molar-refractivity contribution in [3.8, 4) is 0 Å². The summed E-state index contributed by atoms with van der Waals surface area (Å²) in [4.78, 5) is 2.19. The molecule has 0 saturated carbocycles. The monoisotopic (exact) mass is 145 g/mol. The summed E-state index contributed by atoms with van der Waals surface area (Å²) in [6.07, 6.45) is 1.22. The Bertz CT molecular complexity index is 112. The molecule has 2 heteroatoms. The molecule has 60 valence electrons. The van der Waals surface area contributed by atoms with E-state index in [4.69, 9.17) is 0 Å². The van der Waals surface area contributed by atoms with Crippen molar-refractivity contribution < 1.29 is 4.39 Å². The summed E-state index contributed by atoms with van der Waals surface area (Å²) < 4.78 is 11.9. The maximum atomic E-state index is 11.9. The van der Waals surface area contributed by atoms with Crippen LogP contribution < -0.4 is 0 Å². The summed E-state index contributed by atoms with van der Waals surface area (Å²) in [5.74, 6) is 0. The van der Waals surface area contributed by atoms with Gasteiger partial charge in [0.1, 0.15) is 6.67 Å². The first-order valence-electron chi connectivity index (χ1n) is 3.92. The molecule has 0 bridgehead atoms. The van der Waals surface area contributed by atoms with Gasteiger partial charge in [-0.05, 0) is 18.4 Å². The number of hydrogen-bond donors (Lipinski definition) is 0. The number of likely N-dealkylation sites (tertiary alicyclic amines) is 1. The lowest BCUT2D eigenvalue weighted by Gasteiger charge is -2.17. The molecule has 0 amide bonds. The van der Waals surface area contributed by atoms with Crippen LogP contribution in [0.3, 0.4) is 0 Å². The fraction of sp³-hybridized carbons (Fsp3) is 1.00. The Morgan fingerprint density at radius 1 is 1.50 bits per heavy atom. The fourth-order valence-electron chi connectivity index (χ4n) is 1.53. The van der Waals surface area contributed by atoms with Gasteiger partial charge in [-0.3, -0.25) is 0 Å². The minimum absolute atomic E-state index is 0.198. The van der Waals surface area contributed by atoms with Crippen molar-refractivity contribution in [1.29, 1.82) is 0 Å². The lowest BCUT2D eigenvalue weighted by Crippen LogP contribution is -2.25. The average molecular weight is 145 g/mol. The van der Waals surface area contributed by atoms with E-state index in [9.17, 15) is 4.39 Å². The van der Waals surface area contributed by atoms with Crippen molar-refractivity contribution in [3.05, 3.63) is 0 Å². The molecule has 1 nitrogen and oxygen atoms in total. The Balaban J connectivity index is 2.29. The minimum atomic E-state index is -0.198. The van der Waals surface area contributed by atoms with E-state index in [0.717, 1.165) is 13.1 Å². The third kappa shape index (κ3) is 1.94. The molecule has 0 atom stereocenters. The van der Waals surface area contributed by atoms with Gasteiger partial charge < -0.3 is 4.90 Å². The van der Waals surface area contributed by atoms with Gasteiger partial charge in [0.25, 0.3) is 0 Å². The van der Waals surface area contributed by atoms with Crippen LogP contribution in [0.25, 0.3) is 0 Å². The van der Waals surface area contributed by atoms with Crippen LogP contribution in [0, 0.1) is 5.41 Å². The largest absolute Gasteiger partial charge is 0.300 e. The van der Waals surface area contributed by atoms with Crippen molar-refractivity contribution >= 4 is 0 Å². The number of hydrogen-bond acceptors (Lipinski definition) is 1. The quantitative estimate of drug-likeness (QED) is 0.571. The second-order valence-corrected chi connectivity index (χ2v) is 3.88. The van der Waals surface area contributed by atoms with Crippen LogP contribution >= 0.6 is 0 Å². The van der Waals surface area contributed by atoms with Crippen molar-refractivity contribution in [2.75, 3.05) is 26.3 Å². The van der Waals surface area contributed by atoms with Crippen molar-refractivity contribution in [1.82, 2.24) is 4.90 Å². The summed E-state index contributed by atoms with van der Waals surface area (Å²) in [6, 6.07) is 0. The Labute approximate surface area is 62.2 Å². The molecule has 0 unspecified atom stereocenters. The van der Waals surface area contributed by atoms with Crippen LogP contribution in [0.2, 0.25) is 0 Å². The van der Waals surface area contributed by atoms with Crippen molar-refractivity contribution in [3.63, 3.8) is 0 Å². The van der Waals surface area contributed by atoms with E-state index in [2.05, 4.69) is 18.7 Å². The summed E-state index contributed by atoms with van der Waals surface area (Å²) >= 11 is 0. The lowest BCUT2D eigenvalue weighted by atomic mass is 9.93. The molecule has 0 aliphatic carbocycles. The molecule has 0 aromatic rings. The second-order valence-electron chi connectivity index (χ2n) is 3.88. The third-order valence-electron chi connectivity index (χ3n) is 2.16. The summed E-state index contributed by atoms with van der Waals surface area (Å²) in [6.45, 7) is 7.06. The second kappa shape index (κ2) is 2.87. The Kier molecular flexibility index (Phi) is 2.29. The molecule has 0 aromatic carbocycles. The van der Waals surface area contributed by atoms with Gasteiger partial charge in [0.05, 0.1) is 0 Å². The first-order chi connectivity index (χ1) is 4.64. The van der Waals surface area contributed by atoms with E-state index in [0.29, 0.717) is 12.0 Å². The van der Waals surface area contributed by atoms with Crippen LogP contribution in [0.4, 0.5) is 4.39 Å². The first kappa shape index (κ1) is 7.99. The van der Waals surface area contributed by atoms with E-state index in [1.54, 1.807) is 0 Å². The van der Waals surface area contributed by atoms with E-state index < -0.39 is 0 Å². The number of halogens is 1. The van der Waals surface area contributed by atoms with Crippen LogP contribution in [0.5, 0.6) is 0 Å². The minimum Gasteiger partial charge on any atom is -0.300 e.